The summed E-state index contributed by atoms with van der Waals surface area (Å²) < 4.78 is 10.5. The zero-order valence-electron chi connectivity index (χ0n) is 11.9. The maximum atomic E-state index is 12.2. The molecule has 1 unspecified atom stereocenters. The van der Waals surface area contributed by atoms with Gasteiger partial charge >= 0.3 is 12.0 Å². The van der Waals surface area contributed by atoms with Crippen molar-refractivity contribution < 1.29 is 29.3 Å². The van der Waals surface area contributed by atoms with Crippen LogP contribution < -0.4 is 5.32 Å². The molecule has 0 spiro atoms. The number of likely N-dealkylation sites (tertiary alicyclic amines) is 1. The van der Waals surface area contributed by atoms with Crippen molar-refractivity contribution in [2.75, 3.05) is 39.5 Å². The number of carbonyl (C=O) groups excluding carboxylic acids is 1. The minimum atomic E-state index is -1.30. The molecule has 1 atom stereocenters. The predicted molar refractivity (Wildman–Crippen MR) is 72.0 cm³/mol. The number of hydrogen-bond donors (Lipinski definition) is 3. The molecule has 0 aromatic heterocycles. The summed E-state index contributed by atoms with van der Waals surface area (Å²) in [6, 6.07) is -0.372. The lowest BCUT2D eigenvalue weighted by molar-refractivity contribution is -0.144. The Morgan fingerprint density at radius 1 is 1.38 bits per heavy atom. The molecule has 2 saturated heterocycles. The largest absolute Gasteiger partial charge is 0.479 e. The molecule has 0 aliphatic carbocycles. The number of amides is 2. The number of carboxylic acids is 1. The zero-order chi connectivity index (χ0) is 15.3. The van der Waals surface area contributed by atoms with Crippen LogP contribution in [0, 0.1) is 0 Å². The molecular formula is C13H22N2O6. The normalized spacial score (nSPS) is 26.8. The molecule has 2 fully saturated rings. The maximum absolute atomic E-state index is 12.2. The van der Waals surface area contributed by atoms with E-state index in [4.69, 9.17) is 14.6 Å². The highest BCUT2D eigenvalue weighted by molar-refractivity contribution is 5.86. The first kappa shape index (κ1) is 16.0. The number of rotatable bonds is 5. The van der Waals surface area contributed by atoms with E-state index in [9.17, 15) is 14.7 Å². The zero-order valence-corrected chi connectivity index (χ0v) is 11.9. The van der Waals surface area contributed by atoms with Gasteiger partial charge in [-0.25, -0.2) is 9.59 Å². The van der Waals surface area contributed by atoms with Crippen LogP contribution in [0.1, 0.15) is 19.3 Å². The van der Waals surface area contributed by atoms with Crippen LogP contribution in [0.15, 0.2) is 0 Å². The fraction of sp³-hybridized carbons (Fsp3) is 0.846. The molecule has 2 rings (SSSR count). The standard InChI is InChI=1S/C13H22N2O6/c16-6-8-21-10-1-4-15(5-2-10)12(19)14-13(11(17)18)3-7-20-9-13/h10,16H,1-9H2,(H,14,19)(H,17,18). The van der Waals surface area contributed by atoms with Crippen molar-refractivity contribution in [1.82, 2.24) is 10.2 Å². The van der Waals surface area contributed by atoms with Gasteiger partial charge in [-0.1, -0.05) is 0 Å². The van der Waals surface area contributed by atoms with Gasteiger partial charge in [0.05, 0.1) is 25.9 Å². The highest BCUT2D eigenvalue weighted by Gasteiger charge is 2.44. The highest BCUT2D eigenvalue weighted by Crippen LogP contribution is 2.20. The molecule has 21 heavy (non-hydrogen) atoms. The van der Waals surface area contributed by atoms with E-state index in [1.807, 2.05) is 0 Å². The quantitative estimate of drug-likeness (QED) is 0.626. The summed E-state index contributed by atoms with van der Waals surface area (Å²) in [7, 11) is 0. The Kier molecular flexibility index (Phi) is 5.38. The third kappa shape index (κ3) is 3.84. The average Bonchev–Trinajstić information content (AvgIpc) is 2.95. The van der Waals surface area contributed by atoms with Crippen molar-refractivity contribution in [2.45, 2.75) is 30.9 Å². The number of urea groups is 1. The lowest BCUT2D eigenvalue weighted by Gasteiger charge is -2.34. The average molecular weight is 302 g/mol. The van der Waals surface area contributed by atoms with Crippen LogP contribution in [0.4, 0.5) is 4.79 Å². The van der Waals surface area contributed by atoms with Crippen LogP contribution in [-0.2, 0) is 14.3 Å². The number of nitrogens with one attached hydrogen (secondary N) is 1. The Labute approximate surface area is 123 Å². The molecule has 3 N–H and O–H groups in total. The fourth-order valence-corrected chi connectivity index (χ4v) is 2.61. The van der Waals surface area contributed by atoms with E-state index in [-0.39, 0.29) is 31.8 Å². The Morgan fingerprint density at radius 3 is 2.62 bits per heavy atom. The molecule has 8 heteroatoms. The molecule has 0 radical (unpaired) electrons. The van der Waals surface area contributed by atoms with Gasteiger partial charge in [0.2, 0.25) is 0 Å². The minimum Gasteiger partial charge on any atom is -0.479 e. The summed E-state index contributed by atoms with van der Waals surface area (Å²) in [6.45, 7) is 1.66. The van der Waals surface area contributed by atoms with E-state index in [2.05, 4.69) is 5.32 Å². The Bertz CT molecular complexity index is 375. The van der Waals surface area contributed by atoms with Crippen molar-refractivity contribution in [1.29, 1.82) is 0 Å². The number of piperidine rings is 1. The molecule has 2 amide bonds. The van der Waals surface area contributed by atoms with Crippen LogP contribution in [0.3, 0.4) is 0 Å². The van der Waals surface area contributed by atoms with Gasteiger partial charge in [0.1, 0.15) is 0 Å². The first-order chi connectivity index (χ1) is 10.1. The second-order valence-electron chi connectivity index (χ2n) is 5.40. The molecule has 2 aliphatic rings. The molecule has 0 saturated carbocycles. The third-order valence-electron chi connectivity index (χ3n) is 3.95. The van der Waals surface area contributed by atoms with E-state index in [0.717, 1.165) is 0 Å². The monoisotopic (exact) mass is 302 g/mol. The van der Waals surface area contributed by atoms with E-state index in [1.165, 1.54) is 0 Å². The summed E-state index contributed by atoms with van der Waals surface area (Å²) in [6.07, 6.45) is 1.70. The second-order valence-corrected chi connectivity index (χ2v) is 5.40. The van der Waals surface area contributed by atoms with E-state index in [1.54, 1.807) is 4.90 Å². The number of aliphatic carboxylic acids is 1. The van der Waals surface area contributed by atoms with E-state index < -0.39 is 11.5 Å². The SMILES string of the molecule is O=C(NC1(C(=O)O)CCOC1)N1CCC(OCCO)CC1. The summed E-state index contributed by atoms with van der Waals surface area (Å²) in [4.78, 5) is 25.2. The minimum absolute atomic E-state index is 0.00412. The summed E-state index contributed by atoms with van der Waals surface area (Å²) >= 11 is 0. The molecule has 2 aliphatic heterocycles. The van der Waals surface area contributed by atoms with Crippen molar-refractivity contribution in [2.24, 2.45) is 0 Å². The molecule has 120 valence electrons. The van der Waals surface area contributed by atoms with Crippen LogP contribution in [-0.4, -0.2) is 78.3 Å². The van der Waals surface area contributed by atoms with Gasteiger partial charge in [-0.15, -0.1) is 0 Å². The van der Waals surface area contributed by atoms with Crippen molar-refractivity contribution in [3.63, 3.8) is 0 Å². The molecule has 2 heterocycles. The smallest absolute Gasteiger partial charge is 0.332 e. The summed E-state index contributed by atoms with van der Waals surface area (Å²) in [5.41, 5.74) is -1.30. The van der Waals surface area contributed by atoms with E-state index >= 15 is 0 Å². The number of aliphatic hydroxyl groups excluding tert-OH is 1. The number of hydrogen-bond acceptors (Lipinski definition) is 5. The number of nitrogens with zero attached hydrogens (tertiary/aromatic N) is 1. The van der Waals surface area contributed by atoms with Gasteiger partial charge in [0, 0.05) is 26.1 Å². The lowest BCUT2D eigenvalue weighted by atomic mass is 9.99. The first-order valence-electron chi connectivity index (χ1n) is 7.18. The Balaban J connectivity index is 1.83. The number of aliphatic hydroxyl groups is 1. The van der Waals surface area contributed by atoms with Gasteiger partial charge in [-0.3, -0.25) is 0 Å². The first-order valence-corrected chi connectivity index (χ1v) is 7.18. The van der Waals surface area contributed by atoms with Gasteiger partial charge in [-0.05, 0) is 12.8 Å². The maximum Gasteiger partial charge on any atom is 0.332 e. The lowest BCUT2D eigenvalue weighted by Crippen LogP contribution is -2.59. The topological polar surface area (TPSA) is 108 Å². The van der Waals surface area contributed by atoms with Gasteiger partial charge in [0.15, 0.2) is 5.54 Å². The number of carboxylic acid groups (broad SMARTS) is 1. The van der Waals surface area contributed by atoms with Crippen molar-refractivity contribution >= 4 is 12.0 Å². The van der Waals surface area contributed by atoms with E-state index in [0.29, 0.717) is 39.1 Å². The van der Waals surface area contributed by atoms with Crippen LogP contribution in [0.5, 0.6) is 0 Å². The molecule has 0 bridgehead atoms. The third-order valence-corrected chi connectivity index (χ3v) is 3.95. The van der Waals surface area contributed by atoms with Crippen molar-refractivity contribution in [3.8, 4) is 0 Å². The van der Waals surface area contributed by atoms with Gasteiger partial charge in [0.25, 0.3) is 0 Å². The predicted octanol–water partition coefficient (Wildman–Crippen LogP) is -0.587. The van der Waals surface area contributed by atoms with Crippen LogP contribution in [0.2, 0.25) is 0 Å². The second kappa shape index (κ2) is 7.06. The fourth-order valence-electron chi connectivity index (χ4n) is 2.61. The number of ether oxygens (including phenoxy) is 2. The molecular weight excluding hydrogens is 280 g/mol. The summed E-state index contributed by atoms with van der Waals surface area (Å²) in [5.74, 6) is -1.06. The van der Waals surface area contributed by atoms with Gasteiger partial charge < -0.3 is 29.9 Å². The molecule has 0 aromatic carbocycles. The van der Waals surface area contributed by atoms with Crippen LogP contribution >= 0.6 is 0 Å². The molecule has 8 nitrogen and oxygen atoms in total. The Morgan fingerprint density at radius 2 is 2.10 bits per heavy atom. The van der Waals surface area contributed by atoms with Crippen LogP contribution in [0.25, 0.3) is 0 Å². The Hall–Kier alpha value is -1.38. The number of carbonyl (C=O) groups is 2. The summed E-state index contributed by atoms with van der Waals surface area (Å²) in [5, 5.41) is 20.6. The molecule has 0 aromatic rings. The van der Waals surface area contributed by atoms with Gasteiger partial charge in [-0.2, -0.15) is 0 Å². The van der Waals surface area contributed by atoms with Crippen molar-refractivity contribution in [3.05, 3.63) is 0 Å². The highest BCUT2D eigenvalue weighted by atomic mass is 16.5.